The first kappa shape index (κ1) is 41.5. The van der Waals surface area contributed by atoms with Gasteiger partial charge < -0.3 is 9.97 Å². The second-order valence-electron chi connectivity index (χ2n) is 15.5. The third kappa shape index (κ3) is 8.05. The molecule has 0 saturated carbocycles. The number of aromatic amines is 2. The van der Waals surface area contributed by atoms with Crippen LogP contribution in [0.15, 0.2) is 73.8 Å². The van der Waals surface area contributed by atoms with Gasteiger partial charge in [0.05, 0.1) is 48.9 Å². The fourth-order valence-electron chi connectivity index (χ4n) is 7.50. The first-order valence-corrected chi connectivity index (χ1v) is 21.6. The Morgan fingerprint density at radius 2 is 1.07 bits per heavy atom. The molecule has 2 N–H and O–H groups in total. The Hall–Kier alpha value is -5.11. The van der Waals surface area contributed by atoms with Gasteiger partial charge in [0.15, 0.2) is 0 Å². The third-order valence-electron chi connectivity index (χ3n) is 10.3. The largest absolute Gasteiger partial charge is 0.346 e. The van der Waals surface area contributed by atoms with E-state index in [0.29, 0.717) is 0 Å². The zero-order valence-electron chi connectivity index (χ0n) is 32.1. The van der Waals surface area contributed by atoms with Crippen molar-refractivity contribution in [2.45, 2.75) is 51.6 Å². The fourth-order valence-corrected chi connectivity index (χ4v) is 11.4. The van der Waals surface area contributed by atoms with E-state index in [1.807, 2.05) is 76.7 Å². The summed E-state index contributed by atoms with van der Waals surface area (Å²) in [6, 6.07) is 12.2. The Bertz CT molecular complexity index is 2490. The molecule has 0 aliphatic carbocycles. The Labute approximate surface area is 338 Å². The van der Waals surface area contributed by atoms with E-state index in [9.17, 15) is 27.4 Å². The van der Waals surface area contributed by atoms with Crippen molar-refractivity contribution >= 4 is 54.5 Å². The molecule has 19 heteroatoms. The van der Waals surface area contributed by atoms with Crippen LogP contribution in [0.4, 0.5) is 0 Å². The van der Waals surface area contributed by atoms with E-state index < -0.39 is 31.1 Å². The number of sulfonamides is 2. The summed E-state index contributed by atoms with van der Waals surface area (Å²) in [5, 5.41) is 29.6. The first-order chi connectivity index (χ1) is 26.7. The number of nitrogens with zero attached hydrogens (tertiary/aromatic N) is 10. The fraction of sp³-hybridized carbons (Fsp3) is 0.421. The second kappa shape index (κ2) is 16.0. The maximum Gasteiger partial charge on any atom is 0.214 e. The van der Waals surface area contributed by atoms with Crippen LogP contribution in [0.3, 0.4) is 0 Å². The summed E-state index contributed by atoms with van der Waals surface area (Å²) in [4.78, 5) is 14.8. The second-order valence-corrected chi connectivity index (χ2v) is 19.6. The Kier molecular flexibility index (Phi) is 11.7. The maximum atomic E-state index is 12.5. The Morgan fingerprint density at radius 1 is 0.684 bits per heavy atom. The first-order valence-electron chi connectivity index (χ1n) is 18.3. The predicted octanol–water partition coefficient (Wildman–Crippen LogP) is 5.10. The average molecular weight is 833 g/mol. The topological polar surface area (TPSA) is 215 Å². The molecule has 0 spiro atoms. The van der Waals surface area contributed by atoms with Crippen LogP contribution in [0.1, 0.15) is 40.5 Å². The predicted molar refractivity (Wildman–Crippen MR) is 219 cm³/mol. The minimum atomic E-state index is -3.32. The molecule has 0 bridgehead atoms. The molecule has 2 saturated heterocycles. The molecule has 0 amide bonds. The lowest BCUT2D eigenvalue weighted by Crippen LogP contribution is -2.64. The zero-order chi connectivity index (χ0) is 39.9. The number of aromatic nitrogens is 8. The Balaban J connectivity index is 0.000000189. The molecule has 0 unspecified atom stereocenters. The highest BCUT2D eigenvalue weighted by molar-refractivity contribution is 7.89. The van der Waals surface area contributed by atoms with Gasteiger partial charge in [0.25, 0.3) is 0 Å². The number of pyridine rings is 2. The standard InChI is InChI=1S/2C19H22N6O2S.ClH/c2*1-14(2)11-28(26,27)24-12-19(13-24,5-6-20)25-10-15(9-23-25)16-3-7-21-18-17(16)4-8-22-18;/h2*3-4,7-10,14H,5,11-13H2,1-2H3,(H,21,22);1H. The van der Waals surface area contributed by atoms with Gasteiger partial charge in [-0.25, -0.2) is 26.8 Å². The van der Waals surface area contributed by atoms with E-state index in [2.05, 4.69) is 42.3 Å². The van der Waals surface area contributed by atoms with Crippen LogP contribution in [-0.2, 0) is 31.1 Å². The van der Waals surface area contributed by atoms with Gasteiger partial charge in [-0.1, -0.05) is 27.7 Å². The smallest absolute Gasteiger partial charge is 0.214 e. The molecule has 6 aromatic rings. The van der Waals surface area contributed by atoms with Crippen LogP contribution in [0, 0.1) is 34.5 Å². The number of halogens is 1. The minimum absolute atomic E-state index is 0. The molecule has 2 aliphatic rings. The lowest BCUT2D eigenvalue weighted by atomic mass is 9.89. The molecule has 2 fully saturated rings. The zero-order valence-corrected chi connectivity index (χ0v) is 34.5. The number of nitriles is 2. The van der Waals surface area contributed by atoms with Crippen molar-refractivity contribution in [2.75, 3.05) is 37.7 Å². The van der Waals surface area contributed by atoms with Gasteiger partial charge in [0, 0.05) is 85.3 Å². The van der Waals surface area contributed by atoms with Gasteiger partial charge in [-0.2, -0.15) is 29.3 Å². The molecular weight excluding hydrogens is 788 g/mol. The van der Waals surface area contributed by atoms with Gasteiger partial charge in [-0.15, -0.1) is 12.4 Å². The van der Waals surface area contributed by atoms with E-state index in [0.717, 1.165) is 44.3 Å². The summed E-state index contributed by atoms with van der Waals surface area (Å²) in [5.41, 5.74) is 4.16. The number of hydrogen-bond acceptors (Lipinski definition) is 10. The molecule has 8 rings (SSSR count). The highest BCUT2D eigenvalue weighted by Crippen LogP contribution is 2.38. The van der Waals surface area contributed by atoms with Crippen molar-refractivity contribution in [1.82, 2.24) is 48.1 Å². The van der Waals surface area contributed by atoms with Crippen LogP contribution < -0.4 is 0 Å². The van der Waals surface area contributed by atoms with Gasteiger partial charge in [-0.05, 0) is 47.2 Å². The van der Waals surface area contributed by atoms with Gasteiger partial charge in [-0.3, -0.25) is 9.36 Å². The number of nitrogens with one attached hydrogen (secondary N) is 2. The van der Waals surface area contributed by atoms with E-state index >= 15 is 0 Å². The summed E-state index contributed by atoms with van der Waals surface area (Å²) in [5.74, 6) is 0.343. The minimum Gasteiger partial charge on any atom is -0.346 e. The van der Waals surface area contributed by atoms with E-state index in [1.54, 1.807) is 34.2 Å². The monoisotopic (exact) mass is 832 g/mol. The number of fused-ring (bicyclic) bond motifs is 2. The molecule has 0 atom stereocenters. The summed E-state index contributed by atoms with van der Waals surface area (Å²) < 4.78 is 56.4. The van der Waals surface area contributed by atoms with Crippen LogP contribution >= 0.6 is 12.4 Å². The van der Waals surface area contributed by atoms with Crippen molar-refractivity contribution in [2.24, 2.45) is 11.8 Å². The quantitative estimate of drug-likeness (QED) is 0.166. The Morgan fingerprint density at radius 3 is 1.42 bits per heavy atom. The lowest BCUT2D eigenvalue weighted by Gasteiger charge is -2.48. The third-order valence-corrected chi connectivity index (χ3v) is 14.5. The van der Waals surface area contributed by atoms with Gasteiger partial charge >= 0.3 is 0 Å². The normalized spacial score (nSPS) is 16.6. The van der Waals surface area contributed by atoms with E-state index in [-0.39, 0.29) is 74.8 Å². The van der Waals surface area contributed by atoms with Crippen molar-refractivity contribution < 1.29 is 16.8 Å². The molecular formula is C38H45ClN12O4S2. The van der Waals surface area contributed by atoms with Gasteiger partial charge in [0.2, 0.25) is 20.0 Å². The van der Waals surface area contributed by atoms with Gasteiger partial charge in [0.1, 0.15) is 22.4 Å². The highest BCUT2D eigenvalue weighted by Gasteiger charge is 2.51. The number of rotatable bonds is 12. The summed E-state index contributed by atoms with van der Waals surface area (Å²) in [6.45, 7) is 8.62. The SMILES string of the molecule is CC(C)CS(=O)(=O)N1CC(CC#N)(n2cc(-c3ccnc4[nH]ccc34)cn2)C1.CC(C)CS(=O)(=O)N1CC(CC#N)(n2cc(-c3ccnc4[nH]ccc34)cn2)C1.Cl. The molecule has 0 aromatic carbocycles. The maximum absolute atomic E-state index is 12.5. The summed E-state index contributed by atoms with van der Waals surface area (Å²) >= 11 is 0. The van der Waals surface area contributed by atoms with Crippen LogP contribution in [0.5, 0.6) is 0 Å². The van der Waals surface area contributed by atoms with Crippen LogP contribution in [0.2, 0.25) is 0 Å². The molecule has 6 aromatic heterocycles. The number of hydrogen-bond donors (Lipinski definition) is 2. The van der Waals surface area contributed by atoms with Crippen molar-refractivity contribution in [3.05, 3.63) is 73.8 Å². The van der Waals surface area contributed by atoms with E-state index in [4.69, 9.17) is 0 Å². The molecule has 16 nitrogen and oxygen atoms in total. The highest BCUT2D eigenvalue weighted by atomic mass is 35.5. The molecule has 2 aliphatic heterocycles. The molecule has 8 heterocycles. The van der Waals surface area contributed by atoms with Crippen LogP contribution in [0.25, 0.3) is 44.3 Å². The average Bonchev–Trinajstić information content (AvgIpc) is 3.93. The van der Waals surface area contributed by atoms with Crippen molar-refractivity contribution in [3.63, 3.8) is 0 Å². The number of H-pyrrole nitrogens is 2. The van der Waals surface area contributed by atoms with Crippen molar-refractivity contribution in [3.8, 4) is 34.4 Å². The van der Waals surface area contributed by atoms with E-state index in [1.165, 1.54) is 8.61 Å². The lowest BCUT2D eigenvalue weighted by molar-refractivity contribution is 0.0715. The van der Waals surface area contributed by atoms with Crippen LogP contribution in [-0.4, -0.2) is 103 Å². The summed E-state index contributed by atoms with van der Waals surface area (Å²) in [7, 11) is -6.63. The molecule has 0 radical (unpaired) electrons. The van der Waals surface area contributed by atoms with Crippen molar-refractivity contribution in [1.29, 1.82) is 10.5 Å². The molecule has 57 heavy (non-hydrogen) atoms. The molecule has 300 valence electrons. The summed E-state index contributed by atoms with van der Waals surface area (Å²) in [6.07, 6.45) is 14.9.